The number of benzene rings is 1. The Hall–Kier alpha value is -2.26. The number of nitrogens with zero attached hydrogens (tertiary/aromatic N) is 1. The number of nitrogens with one attached hydrogen (secondary N) is 1. The summed E-state index contributed by atoms with van der Waals surface area (Å²) in [4.78, 5) is 23.5. The van der Waals surface area contributed by atoms with Crippen LogP contribution >= 0.6 is 34.3 Å². The van der Waals surface area contributed by atoms with E-state index in [-0.39, 0.29) is 22.8 Å². The molecular weight excluding hydrogens is 396 g/mol. The lowest BCUT2D eigenvalue weighted by Crippen LogP contribution is -2.41. The summed E-state index contributed by atoms with van der Waals surface area (Å²) in [6.45, 7) is -0.0951. The molecule has 1 amide bonds. The van der Waals surface area contributed by atoms with Crippen molar-refractivity contribution in [1.82, 2.24) is 5.32 Å². The Kier molecular flexibility index (Phi) is 5.38. The Morgan fingerprint density at radius 2 is 2.12 bits per heavy atom. The largest absolute Gasteiger partial charge is 0.378 e. The Morgan fingerprint density at radius 1 is 1.31 bits per heavy atom. The van der Waals surface area contributed by atoms with Crippen molar-refractivity contribution in [3.8, 4) is 0 Å². The van der Waals surface area contributed by atoms with Gasteiger partial charge in [-0.1, -0.05) is 17.7 Å². The van der Waals surface area contributed by atoms with Crippen LogP contribution < -0.4 is 5.32 Å². The minimum absolute atomic E-state index is 0.0142. The minimum Gasteiger partial charge on any atom is -0.378 e. The summed E-state index contributed by atoms with van der Waals surface area (Å²) < 4.78 is 0. The zero-order chi connectivity index (χ0) is 18.7. The first-order valence-electron chi connectivity index (χ1n) is 7.43. The molecule has 2 heterocycles. The van der Waals surface area contributed by atoms with Crippen molar-refractivity contribution in [2.45, 2.75) is 5.60 Å². The molecule has 3 aromatic rings. The molecule has 0 aliphatic carbocycles. The van der Waals surface area contributed by atoms with Crippen molar-refractivity contribution in [1.29, 1.82) is 0 Å². The summed E-state index contributed by atoms with van der Waals surface area (Å²) >= 11 is 8.81. The number of carbonyl (C=O) groups is 1. The Morgan fingerprint density at radius 3 is 2.73 bits per heavy atom. The van der Waals surface area contributed by atoms with E-state index >= 15 is 0 Å². The van der Waals surface area contributed by atoms with Gasteiger partial charge in [0.05, 0.1) is 22.1 Å². The summed E-state index contributed by atoms with van der Waals surface area (Å²) in [6.07, 6.45) is 0. The molecule has 2 aromatic heterocycles. The smallest absolute Gasteiger partial charge is 0.270 e. The van der Waals surface area contributed by atoms with E-state index in [1.165, 1.54) is 34.8 Å². The second kappa shape index (κ2) is 7.55. The van der Waals surface area contributed by atoms with E-state index in [0.717, 1.165) is 6.07 Å². The lowest BCUT2D eigenvalue weighted by Gasteiger charge is -2.27. The quantitative estimate of drug-likeness (QED) is 0.475. The average molecular weight is 409 g/mol. The van der Waals surface area contributed by atoms with Crippen LogP contribution in [0.3, 0.4) is 0 Å². The molecule has 0 aliphatic rings. The van der Waals surface area contributed by atoms with E-state index in [1.807, 2.05) is 22.2 Å². The third-order valence-electron chi connectivity index (χ3n) is 3.84. The molecule has 1 unspecified atom stereocenters. The van der Waals surface area contributed by atoms with E-state index in [2.05, 4.69) is 5.32 Å². The molecule has 0 fully saturated rings. The van der Waals surface area contributed by atoms with Crippen LogP contribution in [0.25, 0.3) is 0 Å². The first-order chi connectivity index (χ1) is 12.4. The first-order valence-corrected chi connectivity index (χ1v) is 9.63. The van der Waals surface area contributed by atoms with Gasteiger partial charge in [0.15, 0.2) is 0 Å². The average Bonchev–Trinajstić information content (AvgIpc) is 3.33. The molecule has 0 aliphatic heterocycles. The molecule has 9 heteroatoms. The van der Waals surface area contributed by atoms with Crippen LogP contribution in [0, 0.1) is 10.1 Å². The van der Waals surface area contributed by atoms with Crippen molar-refractivity contribution in [2.24, 2.45) is 0 Å². The highest BCUT2D eigenvalue weighted by Gasteiger charge is 2.34. The molecule has 26 heavy (non-hydrogen) atoms. The van der Waals surface area contributed by atoms with E-state index < -0.39 is 16.4 Å². The maximum absolute atomic E-state index is 12.5. The van der Waals surface area contributed by atoms with Crippen molar-refractivity contribution < 1.29 is 14.8 Å². The maximum Gasteiger partial charge on any atom is 0.270 e. The zero-order valence-electron chi connectivity index (χ0n) is 13.2. The number of nitro benzene ring substituents is 1. The lowest BCUT2D eigenvalue weighted by atomic mass is 9.94. The first kappa shape index (κ1) is 18.5. The number of carbonyl (C=O) groups excluding carboxylic acids is 1. The highest BCUT2D eigenvalue weighted by atomic mass is 35.5. The number of nitro groups is 1. The fourth-order valence-corrected chi connectivity index (χ4v) is 4.22. The van der Waals surface area contributed by atoms with E-state index in [1.54, 1.807) is 12.1 Å². The maximum atomic E-state index is 12.5. The van der Waals surface area contributed by atoms with Crippen LogP contribution in [-0.4, -0.2) is 22.5 Å². The summed E-state index contributed by atoms with van der Waals surface area (Å²) in [5.74, 6) is -0.594. The molecule has 0 saturated heterocycles. The Bertz CT molecular complexity index is 892. The number of non-ortho nitro benzene ring substituents is 1. The number of hydrogen-bond donors (Lipinski definition) is 2. The van der Waals surface area contributed by atoms with Gasteiger partial charge < -0.3 is 10.4 Å². The molecule has 0 bridgehead atoms. The number of rotatable bonds is 6. The van der Waals surface area contributed by atoms with Gasteiger partial charge in [0.25, 0.3) is 11.6 Å². The van der Waals surface area contributed by atoms with Gasteiger partial charge in [-0.3, -0.25) is 14.9 Å². The summed E-state index contributed by atoms with van der Waals surface area (Å²) in [7, 11) is 0. The highest BCUT2D eigenvalue weighted by Crippen LogP contribution is 2.33. The van der Waals surface area contributed by atoms with Crippen molar-refractivity contribution in [3.05, 3.63) is 83.7 Å². The standard InChI is InChI=1S/C17H13ClN2O4S2/c18-14-4-3-12(20(23)24)8-13(14)16(21)19-10-17(22,11-5-7-25-9-11)15-2-1-6-26-15/h1-9,22H,10H2,(H,19,21). The van der Waals surface area contributed by atoms with Gasteiger partial charge in [0.2, 0.25) is 0 Å². The lowest BCUT2D eigenvalue weighted by molar-refractivity contribution is -0.384. The predicted octanol–water partition coefficient (Wildman–Crippen LogP) is 4.04. The van der Waals surface area contributed by atoms with Gasteiger partial charge in [-0.15, -0.1) is 11.3 Å². The van der Waals surface area contributed by atoms with Gasteiger partial charge in [-0.2, -0.15) is 11.3 Å². The monoisotopic (exact) mass is 408 g/mol. The van der Waals surface area contributed by atoms with Crippen molar-refractivity contribution >= 4 is 45.9 Å². The number of hydrogen-bond acceptors (Lipinski definition) is 6. The van der Waals surface area contributed by atoms with Gasteiger partial charge >= 0.3 is 0 Å². The fourth-order valence-electron chi connectivity index (χ4n) is 2.45. The van der Waals surface area contributed by atoms with Gasteiger partial charge in [0.1, 0.15) is 5.60 Å². The Labute approximate surface area is 161 Å². The van der Waals surface area contributed by atoms with Gasteiger partial charge in [0, 0.05) is 22.6 Å². The molecule has 1 atom stereocenters. The van der Waals surface area contributed by atoms with Gasteiger partial charge in [-0.05, 0) is 34.3 Å². The molecule has 134 valence electrons. The normalized spacial score (nSPS) is 13.2. The molecule has 0 saturated carbocycles. The molecular formula is C17H13ClN2O4S2. The second-order valence-electron chi connectivity index (χ2n) is 5.45. The molecule has 1 aromatic carbocycles. The molecule has 3 rings (SSSR count). The van der Waals surface area contributed by atoms with E-state index in [9.17, 15) is 20.0 Å². The highest BCUT2D eigenvalue weighted by molar-refractivity contribution is 7.10. The summed E-state index contributed by atoms with van der Waals surface area (Å²) in [5, 5.41) is 30.3. The number of halogens is 1. The number of amides is 1. The molecule has 2 N–H and O–H groups in total. The third kappa shape index (κ3) is 3.63. The molecule has 6 nitrogen and oxygen atoms in total. The predicted molar refractivity (Wildman–Crippen MR) is 102 cm³/mol. The van der Waals surface area contributed by atoms with Crippen molar-refractivity contribution in [2.75, 3.05) is 6.54 Å². The topological polar surface area (TPSA) is 92.5 Å². The number of thiophene rings is 2. The fraction of sp³-hybridized carbons (Fsp3) is 0.118. The van der Waals surface area contributed by atoms with Gasteiger partial charge in [-0.25, -0.2) is 0 Å². The van der Waals surface area contributed by atoms with Crippen LogP contribution in [-0.2, 0) is 5.60 Å². The van der Waals surface area contributed by atoms with E-state index in [0.29, 0.717) is 10.4 Å². The number of aliphatic hydroxyl groups is 1. The van der Waals surface area contributed by atoms with Crippen LogP contribution in [0.5, 0.6) is 0 Å². The van der Waals surface area contributed by atoms with E-state index in [4.69, 9.17) is 11.6 Å². The SMILES string of the molecule is O=C(NCC(O)(c1ccsc1)c1cccs1)c1cc([N+](=O)[O-])ccc1Cl. The minimum atomic E-state index is -1.39. The van der Waals surface area contributed by atoms with Crippen LogP contribution in [0.4, 0.5) is 5.69 Å². The Balaban J connectivity index is 1.85. The van der Waals surface area contributed by atoms with Crippen molar-refractivity contribution in [3.63, 3.8) is 0 Å². The van der Waals surface area contributed by atoms with Crippen LogP contribution in [0.2, 0.25) is 5.02 Å². The molecule has 0 spiro atoms. The summed E-state index contributed by atoms with van der Waals surface area (Å²) in [6, 6.07) is 9.04. The second-order valence-corrected chi connectivity index (χ2v) is 7.59. The third-order valence-corrected chi connectivity index (χ3v) is 5.87. The van der Waals surface area contributed by atoms with Crippen LogP contribution in [0.15, 0.2) is 52.5 Å². The van der Waals surface area contributed by atoms with Crippen LogP contribution in [0.1, 0.15) is 20.8 Å². The molecule has 0 radical (unpaired) electrons. The zero-order valence-corrected chi connectivity index (χ0v) is 15.6. The summed E-state index contributed by atoms with van der Waals surface area (Å²) in [5.41, 5.74) is -0.974.